The van der Waals surface area contributed by atoms with Crippen LogP contribution in [0.25, 0.3) is 0 Å². The van der Waals surface area contributed by atoms with E-state index in [0.29, 0.717) is 18.9 Å². The molecule has 1 saturated heterocycles. The maximum Gasteiger partial charge on any atom is 0.223 e. The Morgan fingerprint density at radius 2 is 2.23 bits per heavy atom. The first-order valence-electron chi connectivity index (χ1n) is 4.98. The molecule has 2 unspecified atom stereocenters. The minimum atomic E-state index is -0.314. The van der Waals surface area contributed by atoms with Crippen LogP contribution in [0.3, 0.4) is 0 Å². The Balaban J connectivity index is 2.47. The SMILES string of the molecule is CC(C)CC(=O)N1CC(O)CC1C. The van der Waals surface area contributed by atoms with E-state index < -0.39 is 0 Å². The molecule has 76 valence electrons. The highest BCUT2D eigenvalue weighted by atomic mass is 16.3. The third-order valence-corrected chi connectivity index (χ3v) is 2.46. The molecule has 1 N–H and O–H groups in total. The second-order valence-electron chi connectivity index (χ2n) is 4.38. The van der Waals surface area contributed by atoms with Crippen molar-refractivity contribution in [3.63, 3.8) is 0 Å². The van der Waals surface area contributed by atoms with E-state index in [0.717, 1.165) is 6.42 Å². The van der Waals surface area contributed by atoms with Gasteiger partial charge in [0.1, 0.15) is 0 Å². The van der Waals surface area contributed by atoms with Crippen LogP contribution in [-0.2, 0) is 4.79 Å². The molecule has 1 fully saturated rings. The van der Waals surface area contributed by atoms with Crippen LogP contribution in [-0.4, -0.2) is 34.6 Å². The van der Waals surface area contributed by atoms with Gasteiger partial charge in [-0.15, -0.1) is 0 Å². The number of amides is 1. The first-order chi connectivity index (χ1) is 6.00. The highest BCUT2D eigenvalue weighted by Gasteiger charge is 2.30. The maximum atomic E-state index is 11.6. The number of carbonyl (C=O) groups is 1. The molecule has 1 heterocycles. The predicted molar refractivity (Wildman–Crippen MR) is 51.3 cm³/mol. The van der Waals surface area contributed by atoms with E-state index in [1.165, 1.54) is 0 Å². The van der Waals surface area contributed by atoms with Gasteiger partial charge in [-0.05, 0) is 19.3 Å². The number of rotatable bonds is 2. The van der Waals surface area contributed by atoms with Gasteiger partial charge < -0.3 is 10.0 Å². The lowest BCUT2D eigenvalue weighted by atomic mass is 10.1. The van der Waals surface area contributed by atoms with Crippen molar-refractivity contribution in [2.75, 3.05) is 6.54 Å². The van der Waals surface area contributed by atoms with E-state index >= 15 is 0 Å². The largest absolute Gasteiger partial charge is 0.391 e. The van der Waals surface area contributed by atoms with E-state index in [1.807, 2.05) is 20.8 Å². The van der Waals surface area contributed by atoms with Gasteiger partial charge in [-0.1, -0.05) is 13.8 Å². The summed E-state index contributed by atoms with van der Waals surface area (Å²) in [5, 5.41) is 9.36. The summed E-state index contributed by atoms with van der Waals surface area (Å²) >= 11 is 0. The lowest BCUT2D eigenvalue weighted by molar-refractivity contribution is -0.132. The predicted octanol–water partition coefficient (Wildman–Crippen LogP) is 1.01. The molecule has 0 aromatic carbocycles. The summed E-state index contributed by atoms with van der Waals surface area (Å²) in [7, 11) is 0. The number of aliphatic hydroxyl groups is 1. The number of hydrogen-bond acceptors (Lipinski definition) is 2. The average Bonchev–Trinajstić information content (AvgIpc) is 2.28. The summed E-state index contributed by atoms with van der Waals surface area (Å²) in [5.74, 6) is 0.580. The van der Waals surface area contributed by atoms with Gasteiger partial charge in [0.25, 0.3) is 0 Å². The number of β-amino-alcohol motifs (C(OH)–C–C–N with tert-alkyl or cyclic N) is 1. The molecule has 0 aliphatic carbocycles. The summed E-state index contributed by atoms with van der Waals surface area (Å²) in [4.78, 5) is 13.4. The summed E-state index contributed by atoms with van der Waals surface area (Å²) in [6.45, 7) is 6.59. The van der Waals surface area contributed by atoms with E-state index in [2.05, 4.69) is 0 Å². The van der Waals surface area contributed by atoms with Crippen LogP contribution in [0.5, 0.6) is 0 Å². The molecule has 1 amide bonds. The van der Waals surface area contributed by atoms with Gasteiger partial charge in [-0.25, -0.2) is 0 Å². The van der Waals surface area contributed by atoms with Gasteiger partial charge in [-0.2, -0.15) is 0 Å². The zero-order valence-electron chi connectivity index (χ0n) is 8.66. The molecule has 13 heavy (non-hydrogen) atoms. The number of aliphatic hydroxyl groups excluding tert-OH is 1. The van der Waals surface area contributed by atoms with Crippen LogP contribution >= 0.6 is 0 Å². The van der Waals surface area contributed by atoms with Crippen molar-refractivity contribution >= 4 is 5.91 Å². The molecule has 0 aromatic heterocycles. The van der Waals surface area contributed by atoms with Crippen molar-refractivity contribution in [1.82, 2.24) is 4.90 Å². The van der Waals surface area contributed by atoms with E-state index in [-0.39, 0.29) is 18.1 Å². The molecule has 0 aromatic rings. The molecule has 2 atom stereocenters. The summed E-state index contributed by atoms with van der Waals surface area (Å²) in [6, 6.07) is 0.209. The first kappa shape index (κ1) is 10.5. The van der Waals surface area contributed by atoms with E-state index in [9.17, 15) is 9.90 Å². The molecule has 0 bridgehead atoms. The number of hydrogen-bond donors (Lipinski definition) is 1. The standard InChI is InChI=1S/C10H19NO2/c1-7(2)4-10(13)11-6-9(12)5-8(11)3/h7-9,12H,4-6H2,1-3H3. The number of carbonyl (C=O) groups excluding carboxylic acids is 1. The van der Waals surface area contributed by atoms with Crippen molar-refractivity contribution in [3.8, 4) is 0 Å². The Kier molecular flexibility index (Phi) is 3.31. The van der Waals surface area contributed by atoms with Crippen molar-refractivity contribution in [3.05, 3.63) is 0 Å². The molecule has 3 heteroatoms. The fraction of sp³-hybridized carbons (Fsp3) is 0.900. The minimum absolute atomic E-state index is 0.180. The summed E-state index contributed by atoms with van der Waals surface area (Å²) in [6.07, 6.45) is 1.01. The fourth-order valence-corrected chi connectivity index (χ4v) is 1.82. The van der Waals surface area contributed by atoms with Crippen LogP contribution in [0, 0.1) is 5.92 Å². The van der Waals surface area contributed by atoms with Gasteiger partial charge in [-0.3, -0.25) is 4.79 Å². The number of nitrogens with zero attached hydrogens (tertiary/aromatic N) is 1. The van der Waals surface area contributed by atoms with Gasteiger partial charge in [0.05, 0.1) is 6.10 Å². The van der Waals surface area contributed by atoms with Crippen molar-refractivity contribution in [1.29, 1.82) is 0 Å². The molecular weight excluding hydrogens is 166 g/mol. The first-order valence-corrected chi connectivity index (χ1v) is 4.98. The van der Waals surface area contributed by atoms with Crippen LogP contribution in [0.2, 0.25) is 0 Å². The monoisotopic (exact) mass is 185 g/mol. The summed E-state index contributed by atoms with van der Waals surface area (Å²) < 4.78 is 0. The van der Waals surface area contributed by atoms with Crippen LogP contribution in [0.1, 0.15) is 33.6 Å². The van der Waals surface area contributed by atoms with Crippen LogP contribution < -0.4 is 0 Å². The molecule has 0 saturated carbocycles. The quantitative estimate of drug-likeness (QED) is 0.697. The maximum absolute atomic E-state index is 11.6. The molecule has 1 aliphatic heterocycles. The highest BCUT2D eigenvalue weighted by Crippen LogP contribution is 2.19. The molecular formula is C10H19NO2. The smallest absolute Gasteiger partial charge is 0.223 e. The van der Waals surface area contributed by atoms with Gasteiger partial charge in [0.15, 0.2) is 0 Å². The zero-order valence-corrected chi connectivity index (χ0v) is 8.66. The normalized spacial score (nSPS) is 28.5. The third kappa shape index (κ3) is 2.69. The van der Waals surface area contributed by atoms with Crippen molar-refractivity contribution in [2.45, 2.75) is 45.8 Å². The van der Waals surface area contributed by atoms with Gasteiger partial charge in [0.2, 0.25) is 5.91 Å². The highest BCUT2D eigenvalue weighted by molar-refractivity contribution is 5.77. The van der Waals surface area contributed by atoms with Crippen LogP contribution in [0.4, 0.5) is 0 Å². The third-order valence-electron chi connectivity index (χ3n) is 2.46. The minimum Gasteiger partial charge on any atom is -0.391 e. The Bertz CT molecular complexity index is 191. The molecule has 3 nitrogen and oxygen atoms in total. The van der Waals surface area contributed by atoms with Crippen molar-refractivity contribution in [2.24, 2.45) is 5.92 Å². The topological polar surface area (TPSA) is 40.5 Å². The molecule has 1 aliphatic rings. The number of likely N-dealkylation sites (tertiary alicyclic amines) is 1. The van der Waals surface area contributed by atoms with Crippen molar-refractivity contribution < 1.29 is 9.90 Å². The van der Waals surface area contributed by atoms with Gasteiger partial charge >= 0.3 is 0 Å². The molecule has 0 spiro atoms. The molecule has 0 radical (unpaired) electrons. The Morgan fingerprint density at radius 3 is 2.62 bits per heavy atom. The molecule has 1 rings (SSSR count). The lowest BCUT2D eigenvalue weighted by Gasteiger charge is -2.21. The fourth-order valence-electron chi connectivity index (χ4n) is 1.82. The van der Waals surface area contributed by atoms with E-state index in [4.69, 9.17) is 0 Å². The Labute approximate surface area is 79.7 Å². The van der Waals surface area contributed by atoms with Gasteiger partial charge in [0, 0.05) is 19.0 Å². The average molecular weight is 185 g/mol. The summed E-state index contributed by atoms with van der Waals surface area (Å²) in [5.41, 5.74) is 0. The second-order valence-corrected chi connectivity index (χ2v) is 4.38. The van der Waals surface area contributed by atoms with E-state index in [1.54, 1.807) is 4.90 Å². The van der Waals surface area contributed by atoms with Crippen LogP contribution in [0.15, 0.2) is 0 Å². The second kappa shape index (κ2) is 4.09. The Morgan fingerprint density at radius 1 is 1.62 bits per heavy atom. The lowest BCUT2D eigenvalue weighted by Crippen LogP contribution is -2.34. The zero-order chi connectivity index (χ0) is 10.0. The Hall–Kier alpha value is -0.570.